The van der Waals surface area contributed by atoms with E-state index in [0.29, 0.717) is 5.92 Å². The van der Waals surface area contributed by atoms with Crippen LogP contribution in [0.25, 0.3) is 0 Å². The molecule has 5 nitrogen and oxygen atoms in total. The number of nitrogens with one attached hydrogen (secondary N) is 1. The van der Waals surface area contributed by atoms with Gasteiger partial charge in [-0.25, -0.2) is 10.4 Å². The maximum absolute atomic E-state index is 5.72. The number of aromatic nitrogens is 2. The van der Waals surface area contributed by atoms with Gasteiger partial charge in [0.1, 0.15) is 5.82 Å². The number of aryl methyl sites for hydroxylation is 1. The zero-order valence-corrected chi connectivity index (χ0v) is 10.4. The highest BCUT2D eigenvalue weighted by Gasteiger charge is 2.27. The standard InChI is InChI=1S/C12H22N4O/c1-2-6-16-7-5-14-12(16)11(15-13)10-3-8-17-9-4-10/h5,7,10-11,15H,2-4,6,8-9,13H2,1H3. The van der Waals surface area contributed by atoms with Gasteiger partial charge in [0.2, 0.25) is 0 Å². The van der Waals surface area contributed by atoms with Crippen molar-refractivity contribution in [2.45, 2.75) is 38.8 Å². The van der Waals surface area contributed by atoms with E-state index in [2.05, 4.69) is 21.9 Å². The molecule has 1 saturated heterocycles. The number of hydrazine groups is 1. The van der Waals surface area contributed by atoms with Crippen LogP contribution < -0.4 is 11.3 Å². The Hall–Kier alpha value is -0.910. The third-order valence-electron chi connectivity index (χ3n) is 3.41. The first-order chi connectivity index (χ1) is 8.36. The lowest BCUT2D eigenvalue weighted by atomic mass is 9.91. The number of rotatable bonds is 5. The van der Waals surface area contributed by atoms with Crippen molar-refractivity contribution < 1.29 is 4.74 Å². The Balaban J connectivity index is 2.12. The Morgan fingerprint density at radius 3 is 3.00 bits per heavy atom. The third-order valence-corrected chi connectivity index (χ3v) is 3.41. The van der Waals surface area contributed by atoms with Gasteiger partial charge in [-0.2, -0.15) is 0 Å². The van der Waals surface area contributed by atoms with Gasteiger partial charge in [-0.15, -0.1) is 0 Å². The molecular formula is C12H22N4O. The van der Waals surface area contributed by atoms with E-state index < -0.39 is 0 Å². The summed E-state index contributed by atoms with van der Waals surface area (Å²) in [5.41, 5.74) is 2.93. The molecule has 1 aliphatic heterocycles. The van der Waals surface area contributed by atoms with Crippen LogP contribution in [0.2, 0.25) is 0 Å². The highest BCUT2D eigenvalue weighted by Crippen LogP contribution is 2.28. The molecule has 1 atom stereocenters. The number of ether oxygens (including phenoxy) is 1. The summed E-state index contributed by atoms with van der Waals surface area (Å²) in [4.78, 5) is 4.46. The van der Waals surface area contributed by atoms with E-state index in [1.807, 2.05) is 12.4 Å². The van der Waals surface area contributed by atoms with E-state index in [4.69, 9.17) is 10.6 Å². The Morgan fingerprint density at radius 2 is 2.35 bits per heavy atom. The number of hydrogen-bond donors (Lipinski definition) is 2. The summed E-state index contributed by atoms with van der Waals surface area (Å²) in [5.74, 6) is 7.29. The molecule has 0 bridgehead atoms. The lowest BCUT2D eigenvalue weighted by molar-refractivity contribution is 0.0520. The normalized spacial score (nSPS) is 19.4. The summed E-state index contributed by atoms with van der Waals surface area (Å²) >= 11 is 0. The summed E-state index contributed by atoms with van der Waals surface area (Å²) < 4.78 is 7.59. The first-order valence-electron chi connectivity index (χ1n) is 6.41. The van der Waals surface area contributed by atoms with Crippen LogP contribution in [0, 0.1) is 5.92 Å². The summed E-state index contributed by atoms with van der Waals surface area (Å²) in [6.07, 6.45) is 7.09. The molecule has 1 unspecified atom stereocenters. The van der Waals surface area contributed by atoms with Gasteiger partial charge in [0, 0.05) is 32.2 Å². The molecule has 17 heavy (non-hydrogen) atoms. The van der Waals surface area contributed by atoms with E-state index in [1.165, 1.54) is 0 Å². The van der Waals surface area contributed by atoms with Crippen LogP contribution >= 0.6 is 0 Å². The number of hydrogen-bond acceptors (Lipinski definition) is 4. The first-order valence-corrected chi connectivity index (χ1v) is 6.41. The molecular weight excluding hydrogens is 216 g/mol. The zero-order chi connectivity index (χ0) is 12.1. The predicted molar refractivity (Wildman–Crippen MR) is 66.1 cm³/mol. The van der Waals surface area contributed by atoms with Gasteiger partial charge < -0.3 is 9.30 Å². The number of imidazole rings is 1. The van der Waals surface area contributed by atoms with Crippen molar-refractivity contribution in [1.29, 1.82) is 0 Å². The Labute approximate surface area is 102 Å². The highest BCUT2D eigenvalue weighted by molar-refractivity contribution is 5.01. The van der Waals surface area contributed by atoms with Crippen molar-refractivity contribution in [2.75, 3.05) is 13.2 Å². The van der Waals surface area contributed by atoms with E-state index in [1.54, 1.807) is 0 Å². The fourth-order valence-corrected chi connectivity index (χ4v) is 2.50. The van der Waals surface area contributed by atoms with Crippen molar-refractivity contribution in [2.24, 2.45) is 11.8 Å². The quantitative estimate of drug-likeness (QED) is 0.598. The van der Waals surface area contributed by atoms with Crippen LogP contribution in [-0.2, 0) is 11.3 Å². The Bertz CT molecular complexity index is 333. The number of nitrogens with zero attached hydrogens (tertiary/aromatic N) is 2. The molecule has 0 amide bonds. The van der Waals surface area contributed by atoms with Crippen molar-refractivity contribution in [3.8, 4) is 0 Å². The van der Waals surface area contributed by atoms with Gasteiger partial charge in [-0.1, -0.05) is 6.92 Å². The van der Waals surface area contributed by atoms with Crippen LogP contribution in [0.1, 0.15) is 38.1 Å². The molecule has 1 aromatic rings. The Kier molecular flexibility index (Phi) is 4.53. The van der Waals surface area contributed by atoms with E-state index in [9.17, 15) is 0 Å². The minimum Gasteiger partial charge on any atom is -0.381 e. The van der Waals surface area contributed by atoms with Gasteiger partial charge >= 0.3 is 0 Å². The summed E-state index contributed by atoms with van der Waals surface area (Å²) in [7, 11) is 0. The average molecular weight is 238 g/mol. The minimum absolute atomic E-state index is 0.139. The molecule has 0 radical (unpaired) electrons. The van der Waals surface area contributed by atoms with E-state index in [0.717, 1.165) is 44.8 Å². The third kappa shape index (κ3) is 2.86. The van der Waals surface area contributed by atoms with Crippen LogP contribution in [0.5, 0.6) is 0 Å². The highest BCUT2D eigenvalue weighted by atomic mass is 16.5. The molecule has 1 aliphatic rings. The lowest BCUT2D eigenvalue weighted by Crippen LogP contribution is -2.37. The largest absolute Gasteiger partial charge is 0.381 e. The summed E-state index contributed by atoms with van der Waals surface area (Å²) in [6.45, 7) is 4.83. The molecule has 1 aromatic heterocycles. The average Bonchev–Trinajstić information content (AvgIpc) is 2.81. The maximum Gasteiger partial charge on any atom is 0.127 e. The number of nitrogens with two attached hydrogens (primary N) is 1. The molecule has 0 aliphatic carbocycles. The van der Waals surface area contributed by atoms with E-state index in [-0.39, 0.29) is 6.04 Å². The molecule has 1 fully saturated rings. The molecule has 3 N–H and O–H groups in total. The van der Waals surface area contributed by atoms with Gasteiger partial charge in [0.25, 0.3) is 0 Å². The van der Waals surface area contributed by atoms with Crippen molar-refractivity contribution >= 4 is 0 Å². The molecule has 0 aromatic carbocycles. The molecule has 5 heteroatoms. The second kappa shape index (κ2) is 6.14. The van der Waals surface area contributed by atoms with Crippen LogP contribution in [0.4, 0.5) is 0 Å². The smallest absolute Gasteiger partial charge is 0.127 e. The molecule has 96 valence electrons. The Morgan fingerprint density at radius 1 is 1.59 bits per heavy atom. The molecule has 2 heterocycles. The van der Waals surface area contributed by atoms with Crippen molar-refractivity contribution in [1.82, 2.24) is 15.0 Å². The molecule has 0 saturated carbocycles. The van der Waals surface area contributed by atoms with Gasteiger partial charge in [0.15, 0.2) is 0 Å². The monoisotopic (exact) mass is 238 g/mol. The van der Waals surface area contributed by atoms with Crippen LogP contribution in [0.3, 0.4) is 0 Å². The predicted octanol–water partition coefficient (Wildman–Crippen LogP) is 1.22. The lowest BCUT2D eigenvalue weighted by Gasteiger charge is -2.29. The van der Waals surface area contributed by atoms with Crippen molar-refractivity contribution in [3.05, 3.63) is 18.2 Å². The summed E-state index contributed by atoms with van der Waals surface area (Å²) in [6, 6.07) is 0.139. The van der Waals surface area contributed by atoms with Gasteiger partial charge in [0.05, 0.1) is 6.04 Å². The first kappa shape index (κ1) is 12.5. The molecule has 0 spiro atoms. The van der Waals surface area contributed by atoms with Crippen molar-refractivity contribution in [3.63, 3.8) is 0 Å². The van der Waals surface area contributed by atoms with Gasteiger partial charge in [-0.05, 0) is 25.2 Å². The van der Waals surface area contributed by atoms with Crippen LogP contribution in [-0.4, -0.2) is 22.8 Å². The summed E-state index contributed by atoms with van der Waals surface area (Å²) in [5, 5.41) is 0. The fraction of sp³-hybridized carbons (Fsp3) is 0.750. The fourth-order valence-electron chi connectivity index (χ4n) is 2.50. The zero-order valence-electron chi connectivity index (χ0n) is 10.4. The van der Waals surface area contributed by atoms with Crippen LogP contribution in [0.15, 0.2) is 12.4 Å². The topological polar surface area (TPSA) is 65.1 Å². The minimum atomic E-state index is 0.139. The molecule has 2 rings (SSSR count). The second-order valence-electron chi connectivity index (χ2n) is 4.57. The second-order valence-corrected chi connectivity index (χ2v) is 4.57. The SMILES string of the molecule is CCCn1ccnc1C(NN)C1CCOCC1. The van der Waals surface area contributed by atoms with Gasteiger partial charge in [-0.3, -0.25) is 5.84 Å². The van der Waals surface area contributed by atoms with E-state index >= 15 is 0 Å². The maximum atomic E-state index is 5.72.